The van der Waals surface area contributed by atoms with E-state index in [-0.39, 0.29) is 5.78 Å². The number of carbonyl (C=O) groups is 1. The SMILES string of the molecule is CC/C=C\C[C@H](O)/C=C/C=C\C/C=C\C/C=C\C=C\C(C)CCC(C)=O. The molecule has 2 nitrogen and oxygen atoms in total. The molecule has 0 aromatic rings. The van der Waals surface area contributed by atoms with Crippen molar-refractivity contribution in [3.8, 4) is 0 Å². The van der Waals surface area contributed by atoms with E-state index in [1.807, 2.05) is 24.3 Å². The molecule has 1 N–H and O–H groups in total. The maximum absolute atomic E-state index is 10.9. The Hall–Kier alpha value is -1.93. The summed E-state index contributed by atoms with van der Waals surface area (Å²) in [5.41, 5.74) is 0. The summed E-state index contributed by atoms with van der Waals surface area (Å²) < 4.78 is 0. The van der Waals surface area contributed by atoms with Gasteiger partial charge in [-0.2, -0.15) is 0 Å². The number of hydrogen-bond donors (Lipinski definition) is 1. The van der Waals surface area contributed by atoms with Crippen molar-refractivity contribution in [3.05, 3.63) is 72.9 Å². The van der Waals surface area contributed by atoms with Crippen LogP contribution in [0.5, 0.6) is 0 Å². The molecule has 0 aliphatic carbocycles. The standard InChI is InChI=1S/C24H36O2/c1-4-5-14-18-24(26)19-16-13-11-9-7-6-8-10-12-15-17-22(2)20-21-23(3)25/h5-7,10-17,19,22,24,26H,4,8-9,18,20-21H2,1-3H3/b7-6-,12-10-,13-11-,14-5-,17-15+,19-16+/t22?,24-/m0/s1. The van der Waals surface area contributed by atoms with Gasteiger partial charge in [-0.3, -0.25) is 0 Å². The van der Waals surface area contributed by atoms with Crippen LogP contribution in [-0.4, -0.2) is 17.0 Å². The number of aliphatic hydroxyl groups is 1. The summed E-state index contributed by atoms with van der Waals surface area (Å²) in [6.45, 7) is 5.86. The van der Waals surface area contributed by atoms with E-state index in [1.165, 1.54) is 0 Å². The fourth-order valence-electron chi connectivity index (χ4n) is 2.12. The molecule has 2 heteroatoms. The Morgan fingerprint density at radius 2 is 1.50 bits per heavy atom. The van der Waals surface area contributed by atoms with Crippen molar-refractivity contribution in [3.63, 3.8) is 0 Å². The highest BCUT2D eigenvalue weighted by Crippen LogP contribution is 2.07. The van der Waals surface area contributed by atoms with Crippen LogP contribution in [0.3, 0.4) is 0 Å². The molecule has 0 aliphatic heterocycles. The number of rotatable bonds is 14. The van der Waals surface area contributed by atoms with Crippen molar-refractivity contribution < 1.29 is 9.90 Å². The molecule has 1 unspecified atom stereocenters. The van der Waals surface area contributed by atoms with Gasteiger partial charge in [-0.05, 0) is 44.9 Å². The van der Waals surface area contributed by atoms with Crippen molar-refractivity contribution in [1.29, 1.82) is 0 Å². The fraction of sp³-hybridized carbons (Fsp3) is 0.458. The van der Waals surface area contributed by atoms with Crippen LogP contribution in [-0.2, 0) is 4.79 Å². The third kappa shape index (κ3) is 18.4. The molecule has 0 saturated carbocycles. The lowest BCUT2D eigenvalue weighted by Crippen LogP contribution is -1.98. The topological polar surface area (TPSA) is 37.3 Å². The van der Waals surface area contributed by atoms with Gasteiger partial charge in [-0.15, -0.1) is 0 Å². The third-order valence-corrected chi connectivity index (χ3v) is 3.71. The van der Waals surface area contributed by atoms with E-state index in [0.717, 1.165) is 25.7 Å². The molecular formula is C24H36O2. The van der Waals surface area contributed by atoms with Gasteiger partial charge in [0.2, 0.25) is 0 Å². The van der Waals surface area contributed by atoms with Crippen molar-refractivity contribution >= 4 is 5.78 Å². The Kier molecular flexibility index (Phi) is 16.6. The molecule has 0 amide bonds. The summed E-state index contributed by atoms with van der Waals surface area (Å²) in [5, 5.41) is 9.69. The van der Waals surface area contributed by atoms with E-state index in [9.17, 15) is 9.90 Å². The monoisotopic (exact) mass is 356 g/mol. The van der Waals surface area contributed by atoms with Crippen LogP contribution in [0, 0.1) is 5.92 Å². The molecule has 0 fully saturated rings. The average Bonchev–Trinajstić information content (AvgIpc) is 2.61. The molecule has 0 radical (unpaired) electrons. The van der Waals surface area contributed by atoms with Gasteiger partial charge in [0.05, 0.1) is 6.10 Å². The van der Waals surface area contributed by atoms with Crippen LogP contribution in [0.15, 0.2) is 72.9 Å². The molecule has 0 spiro atoms. The Balaban J connectivity index is 3.80. The second-order valence-corrected chi connectivity index (χ2v) is 6.47. The van der Waals surface area contributed by atoms with Gasteiger partial charge in [-0.1, -0.05) is 86.8 Å². The summed E-state index contributed by atoms with van der Waals surface area (Å²) in [4.78, 5) is 10.9. The number of hydrogen-bond acceptors (Lipinski definition) is 2. The number of carbonyl (C=O) groups excluding carboxylic acids is 1. The first kappa shape index (κ1) is 24.1. The zero-order valence-electron chi connectivity index (χ0n) is 16.7. The minimum Gasteiger partial charge on any atom is -0.389 e. The smallest absolute Gasteiger partial charge is 0.129 e. The molecule has 0 aliphatic rings. The number of allylic oxidation sites excluding steroid dienone is 10. The summed E-state index contributed by atoms with van der Waals surface area (Å²) in [7, 11) is 0. The van der Waals surface area contributed by atoms with Crippen LogP contribution in [0.1, 0.15) is 59.3 Å². The minimum atomic E-state index is -0.402. The Morgan fingerprint density at radius 1 is 0.885 bits per heavy atom. The minimum absolute atomic E-state index is 0.260. The second kappa shape index (κ2) is 17.9. The lowest BCUT2D eigenvalue weighted by Gasteiger charge is -2.02. The molecule has 0 aromatic heterocycles. The van der Waals surface area contributed by atoms with Gasteiger partial charge >= 0.3 is 0 Å². The van der Waals surface area contributed by atoms with Gasteiger partial charge in [0.15, 0.2) is 0 Å². The zero-order valence-corrected chi connectivity index (χ0v) is 16.7. The normalized spacial score (nSPS) is 15.5. The lowest BCUT2D eigenvalue weighted by atomic mass is 10.0. The largest absolute Gasteiger partial charge is 0.389 e. The summed E-state index contributed by atoms with van der Waals surface area (Å²) in [6, 6.07) is 0. The predicted octanol–water partition coefficient (Wildman–Crippen LogP) is 6.27. The molecule has 0 rings (SSSR count). The van der Waals surface area contributed by atoms with Crippen molar-refractivity contribution in [1.82, 2.24) is 0 Å². The molecule has 0 heterocycles. The van der Waals surface area contributed by atoms with Gasteiger partial charge < -0.3 is 9.90 Å². The van der Waals surface area contributed by atoms with Crippen LogP contribution in [0.2, 0.25) is 0 Å². The Labute approximate surface area is 160 Å². The summed E-state index contributed by atoms with van der Waals surface area (Å²) in [5.74, 6) is 0.703. The third-order valence-electron chi connectivity index (χ3n) is 3.71. The van der Waals surface area contributed by atoms with Crippen molar-refractivity contribution in [2.24, 2.45) is 5.92 Å². The highest BCUT2D eigenvalue weighted by Gasteiger charge is 1.98. The Morgan fingerprint density at radius 3 is 2.08 bits per heavy atom. The molecule has 2 atom stereocenters. The maximum Gasteiger partial charge on any atom is 0.129 e. The quantitative estimate of drug-likeness (QED) is 0.294. The highest BCUT2D eigenvalue weighted by molar-refractivity contribution is 5.75. The molecule has 0 aromatic carbocycles. The van der Waals surface area contributed by atoms with E-state index in [0.29, 0.717) is 18.8 Å². The Bertz CT molecular complexity index is 518. The van der Waals surface area contributed by atoms with Crippen LogP contribution >= 0.6 is 0 Å². The first-order valence-electron chi connectivity index (χ1n) is 9.70. The molecule has 26 heavy (non-hydrogen) atoms. The van der Waals surface area contributed by atoms with E-state index in [2.05, 4.69) is 62.5 Å². The van der Waals surface area contributed by atoms with E-state index in [4.69, 9.17) is 0 Å². The van der Waals surface area contributed by atoms with E-state index >= 15 is 0 Å². The van der Waals surface area contributed by atoms with Crippen LogP contribution in [0.4, 0.5) is 0 Å². The average molecular weight is 357 g/mol. The van der Waals surface area contributed by atoms with E-state index in [1.54, 1.807) is 6.92 Å². The van der Waals surface area contributed by atoms with Gasteiger partial charge in [0, 0.05) is 6.42 Å². The molecular weight excluding hydrogens is 320 g/mol. The number of ketones is 1. The highest BCUT2D eigenvalue weighted by atomic mass is 16.3. The molecule has 144 valence electrons. The molecule has 0 bridgehead atoms. The maximum atomic E-state index is 10.9. The summed E-state index contributed by atoms with van der Waals surface area (Å²) in [6.07, 6.45) is 29.2. The van der Waals surface area contributed by atoms with Crippen LogP contribution < -0.4 is 0 Å². The first-order valence-corrected chi connectivity index (χ1v) is 9.70. The number of Topliss-reactive ketones (excluding diaryl/α,β-unsaturated/α-hetero) is 1. The lowest BCUT2D eigenvalue weighted by molar-refractivity contribution is -0.117. The van der Waals surface area contributed by atoms with Gasteiger partial charge in [0.1, 0.15) is 5.78 Å². The zero-order chi connectivity index (χ0) is 19.5. The number of aliphatic hydroxyl groups excluding tert-OH is 1. The van der Waals surface area contributed by atoms with Crippen molar-refractivity contribution in [2.45, 2.75) is 65.4 Å². The van der Waals surface area contributed by atoms with Crippen LogP contribution in [0.25, 0.3) is 0 Å². The second-order valence-electron chi connectivity index (χ2n) is 6.47. The molecule has 0 saturated heterocycles. The van der Waals surface area contributed by atoms with E-state index < -0.39 is 6.10 Å². The predicted molar refractivity (Wildman–Crippen MR) is 114 cm³/mol. The summed E-state index contributed by atoms with van der Waals surface area (Å²) >= 11 is 0. The fourth-order valence-corrected chi connectivity index (χ4v) is 2.12. The van der Waals surface area contributed by atoms with Crippen molar-refractivity contribution in [2.75, 3.05) is 0 Å². The van der Waals surface area contributed by atoms with Gasteiger partial charge in [0.25, 0.3) is 0 Å². The first-order chi connectivity index (χ1) is 12.6. The van der Waals surface area contributed by atoms with Gasteiger partial charge in [-0.25, -0.2) is 0 Å².